The molecule has 0 aliphatic heterocycles. The molecular formula is C13H9ClN2S. The molecule has 0 aliphatic carbocycles. The van der Waals surface area contributed by atoms with Gasteiger partial charge in [0.2, 0.25) is 0 Å². The molecule has 4 heteroatoms. The summed E-state index contributed by atoms with van der Waals surface area (Å²) in [6.07, 6.45) is 0. The van der Waals surface area contributed by atoms with Crippen molar-refractivity contribution in [3.05, 3.63) is 47.5 Å². The fraction of sp³-hybridized carbons (Fsp3) is 0. The number of halogens is 1. The van der Waals surface area contributed by atoms with E-state index >= 15 is 0 Å². The minimum Gasteiger partial charge on any atom is -0.397 e. The number of anilines is 1. The highest BCUT2D eigenvalue weighted by atomic mass is 35.5. The molecule has 1 aromatic heterocycles. The topological polar surface area (TPSA) is 38.9 Å². The second-order valence-corrected chi connectivity index (χ2v) is 5.16. The van der Waals surface area contributed by atoms with Crippen molar-refractivity contribution in [2.75, 3.05) is 5.73 Å². The van der Waals surface area contributed by atoms with E-state index in [1.807, 2.05) is 42.5 Å². The van der Waals surface area contributed by atoms with Crippen molar-refractivity contribution in [2.24, 2.45) is 0 Å². The van der Waals surface area contributed by atoms with Crippen LogP contribution in [0.25, 0.3) is 20.8 Å². The number of rotatable bonds is 1. The Hall–Kier alpha value is -1.58. The normalized spacial score (nSPS) is 10.9. The van der Waals surface area contributed by atoms with E-state index in [-0.39, 0.29) is 0 Å². The predicted octanol–water partition coefficient (Wildman–Crippen LogP) is 4.20. The number of benzene rings is 2. The lowest BCUT2D eigenvalue weighted by molar-refractivity contribution is 1.48. The number of hydrogen-bond donors (Lipinski definition) is 1. The minimum absolute atomic E-state index is 0.558. The Morgan fingerprint density at radius 3 is 2.65 bits per heavy atom. The van der Waals surface area contributed by atoms with Crippen LogP contribution < -0.4 is 5.73 Å². The minimum atomic E-state index is 0.558. The Balaban J connectivity index is 2.21. The van der Waals surface area contributed by atoms with Crippen LogP contribution in [0.5, 0.6) is 0 Å². The zero-order valence-corrected chi connectivity index (χ0v) is 10.4. The van der Waals surface area contributed by atoms with Crippen LogP contribution in [-0.2, 0) is 0 Å². The highest BCUT2D eigenvalue weighted by Crippen LogP contribution is 2.33. The fourth-order valence-electron chi connectivity index (χ4n) is 1.67. The maximum atomic E-state index is 5.98. The molecule has 0 saturated heterocycles. The van der Waals surface area contributed by atoms with Crippen LogP contribution in [-0.4, -0.2) is 4.98 Å². The van der Waals surface area contributed by atoms with Gasteiger partial charge in [0.05, 0.1) is 20.9 Å². The van der Waals surface area contributed by atoms with Gasteiger partial charge in [0.15, 0.2) is 0 Å². The van der Waals surface area contributed by atoms with Crippen LogP contribution in [0.3, 0.4) is 0 Å². The third kappa shape index (κ3) is 1.88. The zero-order chi connectivity index (χ0) is 11.8. The summed E-state index contributed by atoms with van der Waals surface area (Å²) < 4.78 is 1.06. The van der Waals surface area contributed by atoms with Crippen molar-refractivity contribution in [3.63, 3.8) is 0 Å². The molecule has 2 N–H and O–H groups in total. The lowest BCUT2D eigenvalue weighted by Crippen LogP contribution is -1.84. The molecule has 3 rings (SSSR count). The molecule has 0 bridgehead atoms. The first kappa shape index (κ1) is 10.6. The van der Waals surface area contributed by atoms with Gasteiger partial charge in [0, 0.05) is 5.56 Å². The second-order valence-electron chi connectivity index (χ2n) is 3.73. The number of nitrogens with zero attached hydrogens (tertiary/aromatic N) is 1. The maximum Gasteiger partial charge on any atom is 0.124 e. The van der Waals surface area contributed by atoms with Gasteiger partial charge in [0.1, 0.15) is 5.01 Å². The van der Waals surface area contributed by atoms with Crippen LogP contribution in [0.4, 0.5) is 5.69 Å². The second kappa shape index (κ2) is 4.02. The Morgan fingerprint density at radius 2 is 1.88 bits per heavy atom. The van der Waals surface area contributed by atoms with Gasteiger partial charge < -0.3 is 5.73 Å². The Bertz CT molecular complexity index is 637. The largest absolute Gasteiger partial charge is 0.397 e. The van der Waals surface area contributed by atoms with E-state index in [0.717, 1.165) is 20.8 Å². The monoisotopic (exact) mass is 260 g/mol. The molecule has 0 atom stereocenters. The van der Waals surface area contributed by atoms with Crippen LogP contribution in [0.2, 0.25) is 5.02 Å². The number of fused-ring (bicyclic) bond motifs is 1. The van der Waals surface area contributed by atoms with Gasteiger partial charge in [-0.3, -0.25) is 0 Å². The van der Waals surface area contributed by atoms with Gasteiger partial charge in [-0.2, -0.15) is 0 Å². The van der Waals surface area contributed by atoms with Crippen molar-refractivity contribution >= 4 is 38.8 Å². The Labute approximate surface area is 108 Å². The van der Waals surface area contributed by atoms with Crippen molar-refractivity contribution < 1.29 is 0 Å². The predicted molar refractivity (Wildman–Crippen MR) is 74.5 cm³/mol. The summed E-state index contributed by atoms with van der Waals surface area (Å²) >= 11 is 7.61. The molecule has 1 heterocycles. The van der Waals surface area contributed by atoms with Gasteiger partial charge in [-0.05, 0) is 12.1 Å². The summed E-state index contributed by atoms with van der Waals surface area (Å²) in [5, 5.41) is 1.55. The standard InChI is InChI=1S/C13H9ClN2S/c14-9-6-11-12(7-10(9)15)17-13(16-11)8-4-2-1-3-5-8/h1-7H,15H2. The van der Waals surface area contributed by atoms with E-state index in [1.54, 1.807) is 11.3 Å². The molecule has 0 aliphatic rings. The average molecular weight is 261 g/mol. The van der Waals surface area contributed by atoms with Crippen molar-refractivity contribution in [1.82, 2.24) is 4.98 Å². The SMILES string of the molecule is Nc1cc2sc(-c3ccccc3)nc2cc1Cl. The van der Waals surface area contributed by atoms with E-state index in [1.165, 1.54) is 0 Å². The van der Waals surface area contributed by atoms with Gasteiger partial charge in [-0.1, -0.05) is 41.9 Å². The summed E-state index contributed by atoms with van der Waals surface area (Å²) in [7, 11) is 0. The summed E-state index contributed by atoms with van der Waals surface area (Å²) in [4.78, 5) is 4.56. The molecule has 0 unspecified atom stereocenters. The summed E-state index contributed by atoms with van der Waals surface area (Å²) in [6.45, 7) is 0. The van der Waals surface area contributed by atoms with E-state index in [4.69, 9.17) is 17.3 Å². The molecule has 0 spiro atoms. The quantitative estimate of drug-likeness (QED) is 0.666. The summed E-state index contributed by atoms with van der Waals surface area (Å²) in [6, 6.07) is 13.8. The first-order valence-corrected chi connectivity index (χ1v) is 6.34. The maximum absolute atomic E-state index is 5.98. The molecule has 0 fully saturated rings. The van der Waals surface area contributed by atoms with Crippen molar-refractivity contribution in [1.29, 1.82) is 0 Å². The van der Waals surface area contributed by atoms with E-state index in [0.29, 0.717) is 10.7 Å². The number of thiazole rings is 1. The number of nitrogen functional groups attached to an aromatic ring is 1. The fourth-order valence-corrected chi connectivity index (χ4v) is 2.83. The summed E-state index contributed by atoms with van der Waals surface area (Å²) in [5.41, 5.74) is 8.39. The molecular weight excluding hydrogens is 252 g/mol. The lowest BCUT2D eigenvalue weighted by Gasteiger charge is -1.95. The lowest BCUT2D eigenvalue weighted by atomic mass is 10.2. The van der Waals surface area contributed by atoms with Crippen LogP contribution in [0.15, 0.2) is 42.5 Å². The van der Waals surface area contributed by atoms with E-state index in [9.17, 15) is 0 Å². The molecule has 84 valence electrons. The average Bonchev–Trinajstić information content (AvgIpc) is 2.74. The van der Waals surface area contributed by atoms with Crippen LogP contribution in [0.1, 0.15) is 0 Å². The van der Waals surface area contributed by atoms with Crippen molar-refractivity contribution in [3.8, 4) is 10.6 Å². The molecule has 0 saturated carbocycles. The Kier molecular flexibility index (Phi) is 2.50. The smallest absolute Gasteiger partial charge is 0.124 e. The molecule has 17 heavy (non-hydrogen) atoms. The first-order chi connectivity index (χ1) is 8.24. The highest BCUT2D eigenvalue weighted by molar-refractivity contribution is 7.21. The van der Waals surface area contributed by atoms with Crippen LogP contribution >= 0.6 is 22.9 Å². The van der Waals surface area contributed by atoms with Gasteiger partial charge in [-0.15, -0.1) is 11.3 Å². The zero-order valence-electron chi connectivity index (χ0n) is 8.85. The molecule has 0 radical (unpaired) electrons. The third-order valence-electron chi connectivity index (χ3n) is 2.53. The Morgan fingerprint density at radius 1 is 1.12 bits per heavy atom. The third-order valence-corrected chi connectivity index (χ3v) is 3.92. The summed E-state index contributed by atoms with van der Waals surface area (Å²) in [5.74, 6) is 0. The van der Waals surface area contributed by atoms with E-state index in [2.05, 4.69) is 4.98 Å². The number of hydrogen-bond acceptors (Lipinski definition) is 3. The van der Waals surface area contributed by atoms with Crippen LogP contribution in [0, 0.1) is 0 Å². The van der Waals surface area contributed by atoms with Crippen molar-refractivity contribution in [2.45, 2.75) is 0 Å². The number of nitrogens with two attached hydrogens (primary N) is 1. The highest BCUT2D eigenvalue weighted by Gasteiger charge is 2.08. The van der Waals surface area contributed by atoms with E-state index < -0.39 is 0 Å². The first-order valence-electron chi connectivity index (χ1n) is 5.15. The van der Waals surface area contributed by atoms with Gasteiger partial charge in [0.25, 0.3) is 0 Å². The van der Waals surface area contributed by atoms with Gasteiger partial charge >= 0.3 is 0 Å². The molecule has 0 amide bonds. The molecule has 2 aromatic carbocycles. The molecule has 2 nitrogen and oxygen atoms in total. The van der Waals surface area contributed by atoms with Gasteiger partial charge in [-0.25, -0.2) is 4.98 Å². The number of aromatic nitrogens is 1. The molecule has 3 aromatic rings.